The van der Waals surface area contributed by atoms with Crippen LogP contribution in [-0.2, 0) is 4.74 Å². The van der Waals surface area contributed by atoms with Crippen LogP contribution >= 0.6 is 0 Å². The van der Waals surface area contributed by atoms with Crippen LogP contribution in [0.5, 0.6) is 0 Å². The van der Waals surface area contributed by atoms with Gasteiger partial charge in [0.2, 0.25) is 0 Å². The Morgan fingerprint density at radius 1 is 1.53 bits per heavy atom. The van der Waals surface area contributed by atoms with Gasteiger partial charge in [-0.2, -0.15) is 0 Å². The summed E-state index contributed by atoms with van der Waals surface area (Å²) in [5, 5.41) is 10.7. The van der Waals surface area contributed by atoms with Gasteiger partial charge in [0.05, 0.1) is 11.0 Å². The molecule has 5 nitrogen and oxygen atoms in total. The molecule has 0 saturated carbocycles. The van der Waals surface area contributed by atoms with Crippen molar-refractivity contribution in [2.45, 2.75) is 25.9 Å². The Bertz CT molecular complexity index is 386. The molecule has 1 unspecified atom stereocenters. The summed E-state index contributed by atoms with van der Waals surface area (Å²) in [4.78, 5) is 12.7. The molecular formula is C14H22N2O3. The van der Waals surface area contributed by atoms with Gasteiger partial charge in [-0.3, -0.25) is 10.1 Å². The van der Waals surface area contributed by atoms with Crippen molar-refractivity contribution in [2.24, 2.45) is 11.8 Å². The Morgan fingerprint density at radius 3 is 2.89 bits per heavy atom. The van der Waals surface area contributed by atoms with Crippen LogP contribution in [0.4, 0.5) is 0 Å². The molecule has 1 aliphatic carbocycles. The highest BCUT2D eigenvalue weighted by Crippen LogP contribution is 2.24. The number of rotatable bonds is 5. The molecular weight excluding hydrogens is 244 g/mol. The lowest BCUT2D eigenvalue weighted by Crippen LogP contribution is -2.34. The molecule has 0 N–H and O–H groups in total. The van der Waals surface area contributed by atoms with Gasteiger partial charge in [-0.05, 0) is 37.8 Å². The van der Waals surface area contributed by atoms with E-state index in [0.717, 1.165) is 32.5 Å². The van der Waals surface area contributed by atoms with Crippen molar-refractivity contribution in [3.05, 3.63) is 34.0 Å². The number of allylic oxidation sites excluding steroid dienone is 2. The fraction of sp³-hybridized carbons (Fsp3) is 0.714. The minimum Gasteiger partial charge on any atom is -0.377 e. The highest BCUT2D eigenvalue weighted by atomic mass is 16.6. The number of likely N-dealkylation sites (N-methyl/N-ethyl adjacent to an activating group) is 1. The predicted octanol–water partition coefficient (Wildman–Crippen LogP) is 2.08. The van der Waals surface area contributed by atoms with E-state index in [1.165, 1.54) is 0 Å². The number of nitrogens with zero attached hydrogens (tertiary/aromatic N) is 2. The largest absolute Gasteiger partial charge is 0.377 e. The number of ether oxygens (including phenoxy) is 1. The molecule has 0 aromatic carbocycles. The second kappa shape index (κ2) is 6.30. The SMILES string of the molecule is C[C@H]1C=C([N+](=O)[O-])C=CC1CN(C)C[C@H]1CCCO1. The third kappa shape index (κ3) is 3.88. The standard InChI is InChI=1S/C14H22N2O3/c1-11-8-13(16(17)18)6-5-12(11)9-15(2)10-14-4-3-7-19-14/h5-6,8,11-12,14H,3-4,7,9-10H2,1-2H3/t11-,12?,14+/m0/s1. The topological polar surface area (TPSA) is 55.6 Å². The zero-order valence-corrected chi connectivity index (χ0v) is 11.6. The molecule has 1 aliphatic heterocycles. The van der Waals surface area contributed by atoms with E-state index in [-0.39, 0.29) is 16.5 Å². The summed E-state index contributed by atoms with van der Waals surface area (Å²) in [5.41, 5.74) is 0.213. The summed E-state index contributed by atoms with van der Waals surface area (Å²) < 4.78 is 5.63. The lowest BCUT2D eigenvalue weighted by Gasteiger charge is -2.27. The fourth-order valence-corrected chi connectivity index (χ4v) is 2.77. The Balaban J connectivity index is 1.83. The summed E-state index contributed by atoms with van der Waals surface area (Å²) in [6.45, 7) is 4.78. The highest BCUT2D eigenvalue weighted by molar-refractivity contribution is 5.19. The lowest BCUT2D eigenvalue weighted by molar-refractivity contribution is -0.419. The van der Waals surface area contributed by atoms with E-state index < -0.39 is 0 Å². The van der Waals surface area contributed by atoms with Crippen LogP contribution in [0.1, 0.15) is 19.8 Å². The van der Waals surface area contributed by atoms with Crippen LogP contribution < -0.4 is 0 Å². The van der Waals surface area contributed by atoms with Crippen molar-refractivity contribution in [2.75, 3.05) is 26.7 Å². The van der Waals surface area contributed by atoms with Gasteiger partial charge in [0.1, 0.15) is 0 Å². The summed E-state index contributed by atoms with van der Waals surface area (Å²) in [6.07, 6.45) is 8.01. The molecule has 1 saturated heterocycles. The summed E-state index contributed by atoms with van der Waals surface area (Å²) in [5.74, 6) is 0.549. The van der Waals surface area contributed by atoms with E-state index >= 15 is 0 Å². The molecule has 19 heavy (non-hydrogen) atoms. The number of hydrogen-bond acceptors (Lipinski definition) is 4. The van der Waals surface area contributed by atoms with Crippen LogP contribution in [0, 0.1) is 22.0 Å². The van der Waals surface area contributed by atoms with Crippen molar-refractivity contribution in [1.82, 2.24) is 4.90 Å². The van der Waals surface area contributed by atoms with Gasteiger partial charge in [-0.15, -0.1) is 0 Å². The van der Waals surface area contributed by atoms with Gasteiger partial charge < -0.3 is 9.64 Å². The van der Waals surface area contributed by atoms with E-state index in [1.54, 1.807) is 12.2 Å². The minimum atomic E-state index is -0.320. The van der Waals surface area contributed by atoms with Crippen molar-refractivity contribution in [1.29, 1.82) is 0 Å². The first-order chi connectivity index (χ1) is 9.06. The summed E-state index contributed by atoms with van der Waals surface area (Å²) in [7, 11) is 2.09. The molecule has 2 aliphatic rings. The maximum Gasteiger partial charge on any atom is 0.265 e. The van der Waals surface area contributed by atoms with E-state index in [9.17, 15) is 10.1 Å². The second-order valence-corrected chi connectivity index (χ2v) is 5.59. The Morgan fingerprint density at radius 2 is 2.32 bits per heavy atom. The molecule has 0 radical (unpaired) electrons. The smallest absolute Gasteiger partial charge is 0.265 e. The van der Waals surface area contributed by atoms with Crippen LogP contribution in [0.2, 0.25) is 0 Å². The van der Waals surface area contributed by atoms with Crippen molar-refractivity contribution in [3.8, 4) is 0 Å². The predicted molar refractivity (Wildman–Crippen MR) is 73.3 cm³/mol. The quantitative estimate of drug-likeness (QED) is 0.564. The molecule has 2 rings (SSSR count). The van der Waals surface area contributed by atoms with Crippen LogP contribution in [0.15, 0.2) is 23.9 Å². The van der Waals surface area contributed by atoms with Crippen molar-refractivity contribution < 1.29 is 9.66 Å². The monoisotopic (exact) mass is 266 g/mol. The third-order valence-corrected chi connectivity index (χ3v) is 3.90. The lowest BCUT2D eigenvalue weighted by atomic mass is 9.88. The fourth-order valence-electron chi connectivity index (χ4n) is 2.77. The Labute approximate surface area is 114 Å². The molecule has 0 amide bonds. The molecule has 0 spiro atoms. The van der Waals surface area contributed by atoms with Crippen molar-refractivity contribution in [3.63, 3.8) is 0 Å². The molecule has 0 bridgehead atoms. The minimum absolute atomic E-state index is 0.206. The first-order valence-electron chi connectivity index (χ1n) is 6.91. The Hall–Kier alpha value is -1.20. The van der Waals surface area contributed by atoms with E-state index in [4.69, 9.17) is 4.74 Å². The molecule has 1 heterocycles. The first-order valence-corrected chi connectivity index (χ1v) is 6.91. The van der Waals surface area contributed by atoms with E-state index in [0.29, 0.717) is 12.0 Å². The van der Waals surface area contributed by atoms with Gasteiger partial charge in [0, 0.05) is 25.8 Å². The van der Waals surface area contributed by atoms with Gasteiger partial charge >= 0.3 is 0 Å². The van der Waals surface area contributed by atoms with Gasteiger partial charge in [-0.25, -0.2) is 0 Å². The highest BCUT2D eigenvalue weighted by Gasteiger charge is 2.24. The third-order valence-electron chi connectivity index (χ3n) is 3.90. The average Bonchev–Trinajstić information content (AvgIpc) is 2.84. The summed E-state index contributed by atoms with van der Waals surface area (Å²) >= 11 is 0. The zero-order valence-electron chi connectivity index (χ0n) is 11.6. The number of hydrogen-bond donors (Lipinski definition) is 0. The van der Waals surface area contributed by atoms with Gasteiger partial charge in [0.25, 0.3) is 5.70 Å². The van der Waals surface area contributed by atoms with Crippen molar-refractivity contribution >= 4 is 0 Å². The van der Waals surface area contributed by atoms with Crippen LogP contribution in [-0.4, -0.2) is 42.7 Å². The summed E-state index contributed by atoms with van der Waals surface area (Å²) in [6, 6.07) is 0. The molecule has 3 atom stereocenters. The zero-order chi connectivity index (χ0) is 13.8. The normalized spacial score (nSPS) is 30.7. The molecule has 0 aromatic rings. The molecule has 0 aromatic heterocycles. The average molecular weight is 266 g/mol. The van der Waals surface area contributed by atoms with Crippen LogP contribution in [0.25, 0.3) is 0 Å². The molecule has 1 fully saturated rings. The van der Waals surface area contributed by atoms with Gasteiger partial charge in [0.15, 0.2) is 0 Å². The second-order valence-electron chi connectivity index (χ2n) is 5.59. The first kappa shape index (κ1) is 14.2. The number of nitro groups is 1. The van der Waals surface area contributed by atoms with E-state index in [2.05, 4.69) is 11.9 Å². The molecule has 106 valence electrons. The van der Waals surface area contributed by atoms with Gasteiger partial charge in [-0.1, -0.05) is 13.0 Å². The molecule has 5 heteroatoms. The maximum atomic E-state index is 10.7. The van der Waals surface area contributed by atoms with E-state index in [1.807, 2.05) is 13.0 Å². The maximum absolute atomic E-state index is 10.7. The van der Waals surface area contributed by atoms with Crippen LogP contribution in [0.3, 0.4) is 0 Å². The Kier molecular flexibility index (Phi) is 4.71.